The summed E-state index contributed by atoms with van der Waals surface area (Å²) in [6.45, 7) is 6.94. The van der Waals surface area contributed by atoms with Crippen molar-refractivity contribution in [2.75, 3.05) is 9.80 Å². The molecule has 6 aromatic rings. The molecule has 3 heteroatoms. The highest BCUT2D eigenvalue weighted by molar-refractivity contribution is 7.00. The highest BCUT2D eigenvalue weighted by atomic mass is 15.3. The van der Waals surface area contributed by atoms with Crippen molar-refractivity contribution >= 4 is 68.8 Å². The molecule has 0 saturated carbocycles. The molecule has 210 valence electrons. The second-order valence-electron chi connectivity index (χ2n) is 12.7. The zero-order chi connectivity index (χ0) is 29.5. The van der Waals surface area contributed by atoms with Gasteiger partial charge in [-0.25, -0.2) is 0 Å². The lowest BCUT2D eigenvalue weighted by Gasteiger charge is -2.53. The summed E-state index contributed by atoms with van der Waals surface area (Å²) in [6, 6.07) is 45.5. The lowest BCUT2D eigenvalue weighted by atomic mass is 9.33. The fourth-order valence-corrected chi connectivity index (χ4v) is 8.46. The van der Waals surface area contributed by atoms with Crippen LogP contribution in [0.3, 0.4) is 0 Å². The van der Waals surface area contributed by atoms with Crippen molar-refractivity contribution in [2.45, 2.75) is 32.9 Å². The zero-order valence-corrected chi connectivity index (χ0v) is 25.3. The summed E-state index contributed by atoms with van der Waals surface area (Å²) in [5, 5.41) is 5.22. The van der Waals surface area contributed by atoms with E-state index in [4.69, 9.17) is 0 Å². The zero-order valence-electron chi connectivity index (χ0n) is 25.3. The summed E-state index contributed by atoms with van der Waals surface area (Å²) in [7, 11) is 0. The molecule has 0 amide bonds. The van der Waals surface area contributed by atoms with Gasteiger partial charge < -0.3 is 9.80 Å². The summed E-state index contributed by atoms with van der Waals surface area (Å²) in [5.41, 5.74) is 13.4. The first-order chi connectivity index (χ1) is 21.6. The molecular weight excluding hydrogens is 531 g/mol. The molecule has 9 rings (SSSR count). The molecule has 0 bridgehead atoms. The van der Waals surface area contributed by atoms with Gasteiger partial charge in [-0.2, -0.15) is 0 Å². The molecule has 0 saturated heterocycles. The molecule has 0 aromatic heterocycles. The number of para-hydroxylation sites is 2. The molecule has 2 aliphatic heterocycles. The summed E-state index contributed by atoms with van der Waals surface area (Å²) >= 11 is 0. The third-order valence-corrected chi connectivity index (χ3v) is 10.0. The van der Waals surface area contributed by atoms with Gasteiger partial charge in [0.2, 0.25) is 6.71 Å². The molecular formula is C41H33BN2. The molecule has 1 aliphatic carbocycles. The molecule has 0 fully saturated rings. The van der Waals surface area contributed by atoms with Crippen LogP contribution in [0, 0.1) is 20.8 Å². The van der Waals surface area contributed by atoms with Crippen molar-refractivity contribution in [1.29, 1.82) is 0 Å². The molecule has 2 atom stereocenters. The van der Waals surface area contributed by atoms with E-state index in [2.05, 4.69) is 164 Å². The van der Waals surface area contributed by atoms with Gasteiger partial charge in [-0.15, -0.1) is 0 Å². The van der Waals surface area contributed by atoms with Gasteiger partial charge in [0.05, 0.1) is 23.5 Å². The number of rotatable bonds is 2. The molecule has 2 unspecified atom stereocenters. The number of anilines is 4. The topological polar surface area (TPSA) is 6.48 Å². The predicted molar refractivity (Wildman–Crippen MR) is 189 cm³/mol. The summed E-state index contributed by atoms with van der Waals surface area (Å²) in [5.74, 6) is 0. The predicted octanol–water partition coefficient (Wildman–Crippen LogP) is 5.90. The smallest absolute Gasteiger partial charge is 0.248 e. The van der Waals surface area contributed by atoms with E-state index in [1.54, 1.807) is 0 Å². The van der Waals surface area contributed by atoms with Gasteiger partial charge in [0.25, 0.3) is 0 Å². The Morgan fingerprint density at radius 1 is 0.545 bits per heavy atom. The number of aryl methyl sites for hydroxylation is 3. The summed E-state index contributed by atoms with van der Waals surface area (Å²) < 4.78 is 0. The Kier molecular flexibility index (Phi) is 5.50. The number of benzene rings is 6. The van der Waals surface area contributed by atoms with Crippen LogP contribution in [0.5, 0.6) is 0 Å². The molecule has 2 heterocycles. The maximum Gasteiger partial charge on any atom is 0.248 e. The first-order valence-electron chi connectivity index (χ1n) is 15.7. The first kappa shape index (κ1) is 25.5. The second kappa shape index (κ2) is 9.49. The Hall–Kier alpha value is -5.02. The van der Waals surface area contributed by atoms with Gasteiger partial charge in [0.1, 0.15) is 0 Å². The minimum Gasteiger partial charge on any atom is -0.331 e. The largest absolute Gasteiger partial charge is 0.331 e. The molecule has 44 heavy (non-hydrogen) atoms. The lowest BCUT2D eigenvalue weighted by molar-refractivity contribution is 0.684. The van der Waals surface area contributed by atoms with Crippen LogP contribution in [-0.2, 0) is 0 Å². The minimum absolute atomic E-state index is 0.122. The van der Waals surface area contributed by atoms with Crippen molar-refractivity contribution in [2.24, 2.45) is 0 Å². The number of nitrogens with zero attached hydrogens (tertiary/aromatic N) is 2. The van der Waals surface area contributed by atoms with Crippen molar-refractivity contribution in [3.05, 3.63) is 148 Å². The number of hydrogen-bond acceptors (Lipinski definition) is 2. The fraction of sp³-hybridized carbons (Fsp3) is 0.122. The Morgan fingerprint density at radius 2 is 1.16 bits per heavy atom. The SMILES string of the molecule is Cc1cc(C)c(B2c3ccccc3N3c4c(cc5ccccc5c42)N(c2ccccc2)C2C=c4ccccc4=CC23)c(C)c1. The second-order valence-corrected chi connectivity index (χ2v) is 12.7. The van der Waals surface area contributed by atoms with E-state index in [0.29, 0.717) is 0 Å². The Labute approximate surface area is 259 Å². The van der Waals surface area contributed by atoms with Crippen LogP contribution in [0.4, 0.5) is 22.7 Å². The van der Waals surface area contributed by atoms with Crippen LogP contribution in [0.25, 0.3) is 22.9 Å². The van der Waals surface area contributed by atoms with Crippen molar-refractivity contribution in [1.82, 2.24) is 0 Å². The third kappa shape index (κ3) is 3.56. The molecule has 0 N–H and O–H groups in total. The van der Waals surface area contributed by atoms with Crippen LogP contribution in [0.1, 0.15) is 16.7 Å². The van der Waals surface area contributed by atoms with Crippen LogP contribution >= 0.6 is 0 Å². The van der Waals surface area contributed by atoms with Gasteiger partial charge in [-0.1, -0.05) is 131 Å². The quantitative estimate of drug-likeness (QED) is 0.242. The normalized spacial score (nSPS) is 17.7. The monoisotopic (exact) mass is 564 g/mol. The Bertz CT molecular complexity index is 2230. The molecule has 6 aromatic carbocycles. The van der Waals surface area contributed by atoms with E-state index < -0.39 is 0 Å². The molecule has 0 spiro atoms. The number of hydrogen-bond donors (Lipinski definition) is 0. The standard InChI is InChI=1S/C41H33BN2/c1-26-21-27(2)39(28(3)22-26)42-34-19-11-12-20-35(34)44-37-24-30-14-8-7-13-29(30)23-36(37)43(32-16-5-4-6-17-32)38-25-31-15-9-10-18-33(31)40(42)41(38)44/h4-25,36-37H,1-3H3. The van der Waals surface area contributed by atoms with Gasteiger partial charge >= 0.3 is 0 Å². The highest BCUT2D eigenvalue weighted by Gasteiger charge is 2.47. The summed E-state index contributed by atoms with van der Waals surface area (Å²) in [6.07, 6.45) is 5.01. The van der Waals surface area contributed by atoms with E-state index in [0.717, 1.165) is 0 Å². The van der Waals surface area contributed by atoms with Crippen LogP contribution < -0.4 is 36.6 Å². The maximum atomic E-state index is 2.68. The molecule has 0 radical (unpaired) electrons. The fourth-order valence-electron chi connectivity index (χ4n) is 8.46. The molecule has 2 nitrogen and oxygen atoms in total. The third-order valence-electron chi connectivity index (χ3n) is 10.0. The van der Waals surface area contributed by atoms with Crippen LogP contribution in [0.15, 0.2) is 121 Å². The lowest BCUT2D eigenvalue weighted by Crippen LogP contribution is -2.65. The summed E-state index contributed by atoms with van der Waals surface area (Å²) in [4.78, 5) is 5.29. The first-order valence-corrected chi connectivity index (χ1v) is 15.7. The number of fused-ring (bicyclic) bond motifs is 7. The molecule has 3 aliphatic rings. The van der Waals surface area contributed by atoms with Gasteiger partial charge in [0, 0.05) is 11.4 Å². The average Bonchev–Trinajstić information content (AvgIpc) is 3.04. The maximum absolute atomic E-state index is 2.68. The minimum atomic E-state index is 0.122. The van der Waals surface area contributed by atoms with E-state index in [1.165, 1.54) is 77.0 Å². The van der Waals surface area contributed by atoms with Gasteiger partial charge in [-0.05, 0) is 77.2 Å². The van der Waals surface area contributed by atoms with E-state index >= 15 is 0 Å². The van der Waals surface area contributed by atoms with Crippen LogP contribution in [0.2, 0.25) is 0 Å². The Morgan fingerprint density at radius 3 is 1.91 bits per heavy atom. The van der Waals surface area contributed by atoms with Crippen LogP contribution in [-0.4, -0.2) is 18.8 Å². The van der Waals surface area contributed by atoms with Gasteiger partial charge in [-0.3, -0.25) is 0 Å². The van der Waals surface area contributed by atoms with Gasteiger partial charge in [0.15, 0.2) is 0 Å². The van der Waals surface area contributed by atoms with E-state index in [-0.39, 0.29) is 18.8 Å². The Balaban J connectivity index is 1.46. The highest BCUT2D eigenvalue weighted by Crippen LogP contribution is 2.49. The van der Waals surface area contributed by atoms with Crippen molar-refractivity contribution < 1.29 is 0 Å². The van der Waals surface area contributed by atoms with Crippen molar-refractivity contribution in [3.8, 4) is 0 Å². The average molecular weight is 565 g/mol. The van der Waals surface area contributed by atoms with E-state index in [9.17, 15) is 0 Å². The van der Waals surface area contributed by atoms with Crippen molar-refractivity contribution in [3.63, 3.8) is 0 Å². The van der Waals surface area contributed by atoms with E-state index in [1.807, 2.05) is 0 Å².